The van der Waals surface area contributed by atoms with Gasteiger partial charge in [-0.05, 0) is 69.5 Å². The van der Waals surface area contributed by atoms with E-state index in [4.69, 9.17) is 9.47 Å². The van der Waals surface area contributed by atoms with Crippen molar-refractivity contribution in [2.75, 3.05) is 19.8 Å². The number of aliphatic hydroxyl groups excluding tert-OH is 1. The zero-order chi connectivity index (χ0) is 14.2. The van der Waals surface area contributed by atoms with Crippen molar-refractivity contribution in [3.05, 3.63) is 19.2 Å². The van der Waals surface area contributed by atoms with Gasteiger partial charge in [0.1, 0.15) is 0 Å². The molecule has 0 aliphatic carbocycles. The second-order valence-corrected chi connectivity index (χ2v) is 9.37. The predicted molar refractivity (Wildman–Crippen MR) is 86.1 cm³/mol. The van der Waals surface area contributed by atoms with Crippen molar-refractivity contribution >= 4 is 43.2 Å². The topological polar surface area (TPSA) is 38.7 Å². The number of aliphatic hydroxyl groups is 1. The maximum Gasteiger partial charge on any atom is 0.0839 e. The Kier molecular flexibility index (Phi) is 4.90. The van der Waals surface area contributed by atoms with E-state index in [9.17, 15) is 5.11 Å². The van der Waals surface area contributed by atoms with Crippen LogP contribution in [-0.2, 0) is 9.47 Å². The van der Waals surface area contributed by atoms with E-state index < -0.39 is 6.10 Å². The summed E-state index contributed by atoms with van der Waals surface area (Å²) < 4.78 is 13.6. The smallest absolute Gasteiger partial charge is 0.0839 e. The molecule has 3 heterocycles. The molecule has 3 nitrogen and oxygen atoms in total. The number of hydrogen-bond acceptors (Lipinski definition) is 4. The third-order valence-corrected chi connectivity index (χ3v) is 6.77. The third kappa shape index (κ3) is 3.15. The van der Waals surface area contributed by atoms with E-state index in [1.807, 2.05) is 6.07 Å². The molecule has 2 saturated heterocycles. The highest BCUT2D eigenvalue weighted by atomic mass is 79.9. The van der Waals surface area contributed by atoms with Crippen molar-refractivity contribution in [1.82, 2.24) is 0 Å². The fraction of sp³-hybridized carbons (Fsp3) is 0.714. The van der Waals surface area contributed by atoms with Crippen molar-refractivity contribution in [2.24, 2.45) is 5.92 Å². The molecule has 1 aromatic rings. The second kappa shape index (κ2) is 6.34. The fourth-order valence-electron chi connectivity index (χ4n) is 3.24. The highest BCUT2D eigenvalue weighted by Crippen LogP contribution is 2.45. The average Bonchev–Trinajstić information content (AvgIpc) is 2.78. The van der Waals surface area contributed by atoms with Crippen molar-refractivity contribution in [3.8, 4) is 0 Å². The normalized spacial score (nSPS) is 27.6. The average molecular weight is 426 g/mol. The molecule has 1 spiro atoms. The molecule has 0 aromatic carbocycles. The summed E-state index contributed by atoms with van der Waals surface area (Å²) >= 11 is 8.64. The van der Waals surface area contributed by atoms with E-state index in [0.717, 1.165) is 58.6 Å². The highest BCUT2D eigenvalue weighted by Gasteiger charge is 2.41. The van der Waals surface area contributed by atoms with Gasteiger partial charge in [-0.2, -0.15) is 0 Å². The Morgan fingerprint density at radius 2 is 2.05 bits per heavy atom. The summed E-state index contributed by atoms with van der Waals surface area (Å²) in [6.45, 7) is 2.29. The molecule has 3 rings (SSSR count). The van der Waals surface area contributed by atoms with Crippen molar-refractivity contribution in [3.63, 3.8) is 0 Å². The van der Waals surface area contributed by atoms with Crippen LogP contribution in [0, 0.1) is 5.92 Å². The lowest BCUT2D eigenvalue weighted by Gasteiger charge is -2.44. The Morgan fingerprint density at radius 3 is 2.70 bits per heavy atom. The fourth-order valence-corrected chi connectivity index (χ4v) is 6.15. The van der Waals surface area contributed by atoms with Crippen LogP contribution >= 0.6 is 43.2 Å². The molecule has 2 atom stereocenters. The summed E-state index contributed by atoms with van der Waals surface area (Å²) in [4.78, 5) is 0. The van der Waals surface area contributed by atoms with Gasteiger partial charge < -0.3 is 14.6 Å². The van der Waals surface area contributed by atoms with Gasteiger partial charge in [0.05, 0.1) is 19.3 Å². The largest absolute Gasteiger partial charge is 0.388 e. The Labute approximate surface area is 139 Å². The minimum atomic E-state index is -0.421. The molecular weight excluding hydrogens is 408 g/mol. The quantitative estimate of drug-likeness (QED) is 0.768. The Bertz CT molecular complexity index is 465. The number of halogens is 2. The van der Waals surface area contributed by atoms with Crippen LogP contribution in [0.5, 0.6) is 0 Å². The first-order valence-corrected chi connectivity index (χ1v) is 9.34. The molecule has 2 unspecified atom stereocenters. The molecular formula is C14H18Br2O3S. The lowest BCUT2D eigenvalue weighted by molar-refractivity contribution is -0.159. The maximum atomic E-state index is 10.7. The lowest BCUT2D eigenvalue weighted by Crippen LogP contribution is -2.45. The molecule has 6 heteroatoms. The molecule has 0 saturated carbocycles. The van der Waals surface area contributed by atoms with Gasteiger partial charge >= 0.3 is 0 Å². The van der Waals surface area contributed by atoms with Crippen LogP contribution in [0.25, 0.3) is 0 Å². The molecule has 2 fully saturated rings. The van der Waals surface area contributed by atoms with Crippen molar-refractivity contribution in [1.29, 1.82) is 0 Å². The summed E-state index contributed by atoms with van der Waals surface area (Å²) in [7, 11) is 0. The molecule has 112 valence electrons. The summed E-state index contributed by atoms with van der Waals surface area (Å²) in [6.07, 6.45) is 3.33. The number of ether oxygens (including phenoxy) is 2. The highest BCUT2D eigenvalue weighted by molar-refractivity contribution is 9.12. The van der Waals surface area contributed by atoms with E-state index in [-0.39, 0.29) is 11.5 Å². The van der Waals surface area contributed by atoms with Gasteiger partial charge in [-0.1, -0.05) is 0 Å². The third-order valence-electron chi connectivity index (χ3n) is 4.38. The predicted octanol–water partition coefficient (Wildman–Crippen LogP) is 4.28. The summed E-state index contributed by atoms with van der Waals surface area (Å²) in [6, 6.07) is 2.02. The first kappa shape index (κ1) is 15.4. The summed E-state index contributed by atoms with van der Waals surface area (Å²) in [5, 5.41) is 10.7. The minimum absolute atomic E-state index is 0.0676. The Morgan fingerprint density at radius 1 is 1.30 bits per heavy atom. The molecule has 1 N–H and O–H groups in total. The molecule has 0 radical (unpaired) electrons. The van der Waals surface area contributed by atoms with Gasteiger partial charge in [-0.15, -0.1) is 11.3 Å². The van der Waals surface area contributed by atoms with Gasteiger partial charge in [0, 0.05) is 25.4 Å². The van der Waals surface area contributed by atoms with Crippen molar-refractivity contribution < 1.29 is 14.6 Å². The van der Waals surface area contributed by atoms with Crippen LogP contribution < -0.4 is 0 Å². The van der Waals surface area contributed by atoms with Crippen LogP contribution in [-0.4, -0.2) is 30.5 Å². The van der Waals surface area contributed by atoms with Gasteiger partial charge in [0.2, 0.25) is 0 Å². The summed E-state index contributed by atoms with van der Waals surface area (Å²) in [5.41, 5.74) is 0.929. The van der Waals surface area contributed by atoms with Crippen LogP contribution in [0.3, 0.4) is 0 Å². The minimum Gasteiger partial charge on any atom is -0.388 e. The lowest BCUT2D eigenvalue weighted by atomic mass is 9.77. The van der Waals surface area contributed by atoms with Gasteiger partial charge in [0.25, 0.3) is 0 Å². The zero-order valence-corrected chi connectivity index (χ0v) is 15.1. The van der Waals surface area contributed by atoms with Gasteiger partial charge in [-0.3, -0.25) is 0 Å². The van der Waals surface area contributed by atoms with Crippen LogP contribution in [0.2, 0.25) is 0 Å². The first-order valence-electron chi connectivity index (χ1n) is 6.94. The van der Waals surface area contributed by atoms with E-state index in [0.29, 0.717) is 0 Å². The first-order chi connectivity index (χ1) is 9.60. The van der Waals surface area contributed by atoms with Gasteiger partial charge in [-0.25, -0.2) is 0 Å². The zero-order valence-electron chi connectivity index (χ0n) is 11.1. The van der Waals surface area contributed by atoms with E-state index in [1.54, 1.807) is 11.3 Å². The molecule has 20 heavy (non-hydrogen) atoms. The molecule has 2 aliphatic heterocycles. The Balaban J connectivity index is 1.74. The molecule has 0 amide bonds. The van der Waals surface area contributed by atoms with Crippen LogP contribution in [0.4, 0.5) is 0 Å². The monoisotopic (exact) mass is 424 g/mol. The number of thiophene rings is 1. The molecule has 1 aromatic heterocycles. The molecule has 2 aliphatic rings. The maximum absolute atomic E-state index is 10.7. The number of rotatable bonds is 2. The SMILES string of the molecule is OC(c1cc(Br)sc1Br)C1CCOC2(CCOCC2)C1. The summed E-state index contributed by atoms with van der Waals surface area (Å²) in [5.74, 6) is 0.264. The van der Waals surface area contributed by atoms with E-state index in [2.05, 4.69) is 31.9 Å². The van der Waals surface area contributed by atoms with Gasteiger partial charge in [0.15, 0.2) is 0 Å². The van der Waals surface area contributed by atoms with Crippen molar-refractivity contribution in [2.45, 2.75) is 37.4 Å². The second-order valence-electron chi connectivity index (χ2n) is 5.62. The van der Waals surface area contributed by atoms with Crippen LogP contribution in [0.1, 0.15) is 37.4 Å². The number of hydrogen-bond donors (Lipinski definition) is 1. The van der Waals surface area contributed by atoms with E-state index >= 15 is 0 Å². The Hall–Kier alpha value is 0.540. The standard InChI is InChI=1S/C14H18Br2O3S/c15-11-7-10(13(16)20-11)12(17)9-1-4-19-14(8-9)2-5-18-6-3-14/h7,9,12,17H,1-6,8H2. The molecule has 0 bridgehead atoms. The van der Waals surface area contributed by atoms with E-state index in [1.165, 1.54) is 0 Å². The van der Waals surface area contributed by atoms with Crippen LogP contribution in [0.15, 0.2) is 13.6 Å².